The summed E-state index contributed by atoms with van der Waals surface area (Å²) in [5.41, 5.74) is 1.03. The number of benzene rings is 1. The van der Waals surface area contributed by atoms with Crippen molar-refractivity contribution in [2.24, 2.45) is 11.3 Å². The minimum absolute atomic E-state index is 0.0965. The molecule has 2 N–H and O–H groups in total. The molecule has 0 saturated heterocycles. The SMILES string of the molecule is CC(C)COC1CC(Nc2ccc(O)c(Cl)c2)C1(C)C. The van der Waals surface area contributed by atoms with Crippen molar-refractivity contribution in [3.63, 3.8) is 0 Å². The lowest BCUT2D eigenvalue weighted by molar-refractivity contribution is -0.108. The molecule has 3 nitrogen and oxygen atoms in total. The molecule has 1 saturated carbocycles. The van der Waals surface area contributed by atoms with Crippen LogP contribution in [0.15, 0.2) is 18.2 Å². The standard InChI is InChI=1S/C16H24ClNO2/c1-10(2)9-20-15-8-14(16(15,3)4)18-11-5-6-13(19)12(17)7-11/h5-7,10,14-15,18-19H,8-9H2,1-4H3. The van der Waals surface area contributed by atoms with Gasteiger partial charge in [-0.2, -0.15) is 0 Å². The summed E-state index contributed by atoms with van der Waals surface area (Å²) in [6.45, 7) is 9.59. The first-order chi connectivity index (χ1) is 9.30. The summed E-state index contributed by atoms with van der Waals surface area (Å²) in [4.78, 5) is 0. The fourth-order valence-electron chi connectivity index (χ4n) is 2.52. The van der Waals surface area contributed by atoms with E-state index in [2.05, 4.69) is 33.0 Å². The Labute approximate surface area is 126 Å². The third-order valence-electron chi connectivity index (χ3n) is 4.10. The van der Waals surface area contributed by atoms with E-state index in [9.17, 15) is 5.11 Å². The number of rotatable bonds is 5. The molecule has 1 fully saturated rings. The second kappa shape index (κ2) is 5.82. The second-order valence-electron chi connectivity index (χ2n) is 6.64. The Hall–Kier alpha value is -0.930. The van der Waals surface area contributed by atoms with Crippen LogP contribution in [0.5, 0.6) is 5.75 Å². The molecule has 0 radical (unpaired) electrons. The van der Waals surface area contributed by atoms with Crippen LogP contribution in [-0.2, 0) is 4.74 Å². The number of phenolic OH excluding ortho intramolecular Hbond substituents is 1. The van der Waals surface area contributed by atoms with Gasteiger partial charge in [0.15, 0.2) is 0 Å². The van der Waals surface area contributed by atoms with Crippen molar-refractivity contribution in [2.45, 2.75) is 46.3 Å². The minimum Gasteiger partial charge on any atom is -0.506 e. The van der Waals surface area contributed by atoms with Crippen molar-refractivity contribution in [1.82, 2.24) is 0 Å². The highest BCUT2D eigenvalue weighted by molar-refractivity contribution is 6.32. The van der Waals surface area contributed by atoms with Crippen molar-refractivity contribution < 1.29 is 9.84 Å². The average Bonchev–Trinajstić information content (AvgIpc) is 2.36. The molecule has 0 heterocycles. The molecule has 1 aromatic carbocycles. The van der Waals surface area contributed by atoms with Crippen LogP contribution in [0, 0.1) is 11.3 Å². The Morgan fingerprint density at radius 1 is 1.45 bits per heavy atom. The zero-order valence-electron chi connectivity index (χ0n) is 12.6. The predicted molar refractivity (Wildman–Crippen MR) is 83.5 cm³/mol. The first kappa shape index (κ1) is 15.5. The van der Waals surface area contributed by atoms with Gasteiger partial charge in [-0.15, -0.1) is 0 Å². The third kappa shape index (κ3) is 3.21. The summed E-state index contributed by atoms with van der Waals surface area (Å²) in [6, 6.07) is 5.58. The van der Waals surface area contributed by atoms with Gasteiger partial charge in [0.1, 0.15) is 5.75 Å². The summed E-state index contributed by atoms with van der Waals surface area (Å²) in [7, 11) is 0. The Morgan fingerprint density at radius 2 is 2.15 bits per heavy atom. The molecule has 1 aliphatic rings. The molecule has 0 aromatic heterocycles. The highest BCUT2D eigenvalue weighted by atomic mass is 35.5. The molecular formula is C16H24ClNO2. The van der Waals surface area contributed by atoms with Crippen LogP contribution in [-0.4, -0.2) is 23.9 Å². The molecule has 0 aliphatic heterocycles. The van der Waals surface area contributed by atoms with Gasteiger partial charge in [-0.25, -0.2) is 0 Å². The van der Waals surface area contributed by atoms with Crippen molar-refractivity contribution in [3.05, 3.63) is 23.2 Å². The maximum atomic E-state index is 9.44. The zero-order valence-corrected chi connectivity index (χ0v) is 13.4. The summed E-state index contributed by atoms with van der Waals surface area (Å²) >= 11 is 5.93. The Morgan fingerprint density at radius 3 is 2.70 bits per heavy atom. The van der Waals surface area contributed by atoms with Gasteiger partial charge in [-0.3, -0.25) is 0 Å². The maximum Gasteiger partial charge on any atom is 0.134 e. The van der Waals surface area contributed by atoms with Gasteiger partial charge in [0.25, 0.3) is 0 Å². The monoisotopic (exact) mass is 297 g/mol. The van der Waals surface area contributed by atoms with Crippen LogP contribution >= 0.6 is 11.6 Å². The van der Waals surface area contributed by atoms with Gasteiger partial charge in [0, 0.05) is 23.8 Å². The molecule has 2 rings (SSSR count). The highest BCUT2D eigenvalue weighted by Gasteiger charge is 2.49. The van der Waals surface area contributed by atoms with Gasteiger partial charge in [0.2, 0.25) is 0 Å². The number of anilines is 1. The van der Waals surface area contributed by atoms with E-state index in [-0.39, 0.29) is 11.2 Å². The molecule has 1 aliphatic carbocycles. The van der Waals surface area contributed by atoms with Crippen LogP contribution in [0.4, 0.5) is 5.69 Å². The first-order valence-electron chi connectivity index (χ1n) is 7.17. The summed E-state index contributed by atoms with van der Waals surface area (Å²) in [6.07, 6.45) is 1.30. The number of hydrogen-bond acceptors (Lipinski definition) is 3. The maximum absolute atomic E-state index is 9.44. The van der Waals surface area contributed by atoms with E-state index >= 15 is 0 Å². The lowest BCUT2D eigenvalue weighted by Crippen LogP contribution is -2.58. The van der Waals surface area contributed by atoms with Gasteiger partial charge in [0.05, 0.1) is 11.1 Å². The number of ether oxygens (including phenoxy) is 1. The lowest BCUT2D eigenvalue weighted by Gasteiger charge is -2.52. The fraction of sp³-hybridized carbons (Fsp3) is 0.625. The first-order valence-corrected chi connectivity index (χ1v) is 7.55. The number of aromatic hydroxyl groups is 1. The fourth-order valence-corrected chi connectivity index (χ4v) is 2.70. The topological polar surface area (TPSA) is 41.5 Å². The van der Waals surface area contributed by atoms with Crippen LogP contribution in [0.2, 0.25) is 5.02 Å². The highest BCUT2D eigenvalue weighted by Crippen LogP contribution is 2.44. The van der Waals surface area contributed by atoms with E-state index in [0.717, 1.165) is 18.7 Å². The minimum atomic E-state index is 0.0965. The molecule has 1 aromatic rings. The normalized spacial score (nSPS) is 24.5. The van der Waals surface area contributed by atoms with Gasteiger partial charge in [-0.05, 0) is 30.5 Å². The Kier molecular flexibility index (Phi) is 4.50. The molecule has 112 valence electrons. The third-order valence-corrected chi connectivity index (χ3v) is 4.40. The molecule has 2 atom stereocenters. The van der Waals surface area contributed by atoms with E-state index in [4.69, 9.17) is 16.3 Å². The van der Waals surface area contributed by atoms with Crippen molar-refractivity contribution >= 4 is 17.3 Å². The molecule has 0 spiro atoms. The van der Waals surface area contributed by atoms with Gasteiger partial charge >= 0.3 is 0 Å². The molecule has 4 heteroatoms. The zero-order chi connectivity index (χ0) is 14.9. The Bertz CT molecular complexity index is 474. The van der Waals surface area contributed by atoms with Gasteiger partial charge < -0.3 is 15.2 Å². The number of nitrogens with one attached hydrogen (secondary N) is 1. The molecule has 0 bridgehead atoms. The van der Waals surface area contributed by atoms with Crippen LogP contribution in [0.3, 0.4) is 0 Å². The quantitative estimate of drug-likeness (QED) is 0.796. The van der Waals surface area contributed by atoms with Crippen LogP contribution in [0.1, 0.15) is 34.1 Å². The van der Waals surface area contributed by atoms with Crippen molar-refractivity contribution in [2.75, 3.05) is 11.9 Å². The van der Waals surface area contributed by atoms with E-state index in [1.165, 1.54) is 0 Å². The van der Waals surface area contributed by atoms with E-state index in [1.807, 2.05) is 6.07 Å². The number of hydrogen-bond donors (Lipinski definition) is 2. The number of halogens is 1. The van der Waals surface area contributed by atoms with E-state index in [0.29, 0.717) is 23.1 Å². The molecule has 2 unspecified atom stereocenters. The van der Waals surface area contributed by atoms with Crippen molar-refractivity contribution in [1.29, 1.82) is 0 Å². The van der Waals surface area contributed by atoms with Crippen LogP contribution in [0.25, 0.3) is 0 Å². The summed E-state index contributed by atoms with van der Waals surface area (Å²) in [5, 5.41) is 13.3. The van der Waals surface area contributed by atoms with Gasteiger partial charge in [-0.1, -0.05) is 39.3 Å². The second-order valence-corrected chi connectivity index (χ2v) is 7.04. The average molecular weight is 298 g/mol. The predicted octanol–water partition coefficient (Wildman–Crippen LogP) is 4.30. The summed E-state index contributed by atoms with van der Waals surface area (Å²) in [5.74, 6) is 0.678. The Balaban J connectivity index is 1.93. The largest absolute Gasteiger partial charge is 0.506 e. The van der Waals surface area contributed by atoms with E-state index < -0.39 is 0 Å². The number of phenols is 1. The van der Waals surface area contributed by atoms with Crippen LogP contribution < -0.4 is 5.32 Å². The summed E-state index contributed by atoms with van der Waals surface area (Å²) < 4.78 is 5.96. The molecule has 0 amide bonds. The lowest BCUT2D eigenvalue weighted by atomic mass is 9.64. The molecular weight excluding hydrogens is 274 g/mol. The molecule has 20 heavy (non-hydrogen) atoms. The smallest absolute Gasteiger partial charge is 0.134 e. The van der Waals surface area contributed by atoms with E-state index in [1.54, 1.807) is 12.1 Å². The van der Waals surface area contributed by atoms with Crippen molar-refractivity contribution in [3.8, 4) is 5.75 Å².